The van der Waals surface area contributed by atoms with E-state index in [0.717, 1.165) is 11.3 Å². The van der Waals surface area contributed by atoms with Gasteiger partial charge in [-0.15, -0.1) is 0 Å². The average Bonchev–Trinajstić information content (AvgIpc) is 2.98. The van der Waals surface area contributed by atoms with Crippen LogP contribution in [0.15, 0.2) is 60.7 Å². The molecule has 2 aliphatic rings. The molecule has 204 valence electrons. The van der Waals surface area contributed by atoms with Gasteiger partial charge in [0.1, 0.15) is 5.75 Å². The average molecular weight is 550 g/mol. The maximum absolute atomic E-state index is 14.4. The van der Waals surface area contributed by atoms with E-state index >= 15 is 0 Å². The van der Waals surface area contributed by atoms with Gasteiger partial charge >= 0.3 is 0 Å². The van der Waals surface area contributed by atoms with Gasteiger partial charge < -0.3 is 28.9 Å². The SMILES string of the molecule is COc1ccc([C@H]2[C@@H](C(=O)N3CCN(c4cccc(Cl)c4)CC3)c3cc(OC)c(OC)cc3C(=O)N2C)cc1. The first-order valence-corrected chi connectivity index (χ1v) is 13.2. The van der Waals surface area contributed by atoms with Gasteiger partial charge in [-0.2, -0.15) is 0 Å². The molecule has 0 aromatic heterocycles. The van der Waals surface area contributed by atoms with Gasteiger partial charge in [-0.05, 0) is 53.6 Å². The smallest absolute Gasteiger partial charge is 0.254 e. The van der Waals surface area contributed by atoms with Crippen LogP contribution in [-0.4, -0.2) is 76.2 Å². The predicted octanol–water partition coefficient (Wildman–Crippen LogP) is 4.63. The Bertz CT molecular complexity index is 1370. The maximum atomic E-state index is 14.4. The maximum Gasteiger partial charge on any atom is 0.254 e. The van der Waals surface area contributed by atoms with Crippen LogP contribution in [0.4, 0.5) is 5.69 Å². The van der Waals surface area contributed by atoms with Crippen molar-refractivity contribution in [1.29, 1.82) is 0 Å². The number of anilines is 1. The normalized spacial score (nSPS) is 19.0. The Labute approximate surface area is 233 Å². The number of rotatable bonds is 6. The van der Waals surface area contributed by atoms with Crippen LogP contribution >= 0.6 is 11.6 Å². The van der Waals surface area contributed by atoms with Crippen molar-refractivity contribution in [2.24, 2.45) is 0 Å². The van der Waals surface area contributed by atoms with E-state index in [0.29, 0.717) is 59.6 Å². The van der Waals surface area contributed by atoms with E-state index in [1.165, 1.54) is 7.11 Å². The second kappa shape index (κ2) is 11.1. The highest BCUT2D eigenvalue weighted by Gasteiger charge is 2.45. The lowest BCUT2D eigenvalue weighted by molar-refractivity contribution is -0.134. The highest BCUT2D eigenvalue weighted by atomic mass is 35.5. The van der Waals surface area contributed by atoms with Gasteiger partial charge in [-0.1, -0.05) is 29.8 Å². The molecule has 2 aliphatic heterocycles. The van der Waals surface area contributed by atoms with Crippen LogP contribution in [0.2, 0.25) is 5.02 Å². The Morgan fingerprint density at radius 2 is 1.54 bits per heavy atom. The molecule has 0 aliphatic carbocycles. The lowest BCUT2D eigenvalue weighted by Crippen LogP contribution is -2.53. The number of carbonyl (C=O) groups excluding carboxylic acids is 2. The predicted molar refractivity (Wildman–Crippen MR) is 150 cm³/mol. The first-order valence-electron chi connectivity index (χ1n) is 12.8. The zero-order chi connectivity index (χ0) is 27.7. The summed E-state index contributed by atoms with van der Waals surface area (Å²) in [6.45, 7) is 2.47. The molecule has 0 N–H and O–H groups in total. The summed E-state index contributed by atoms with van der Waals surface area (Å²) < 4.78 is 16.4. The summed E-state index contributed by atoms with van der Waals surface area (Å²) in [4.78, 5) is 33.8. The van der Waals surface area contributed by atoms with Crippen molar-refractivity contribution in [3.63, 3.8) is 0 Å². The van der Waals surface area contributed by atoms with E-state index in [2.05, 4.69) is 4.90 Å². The number of hydrogen-bond donors (Lipinski definition) is 0. The van der Waals surface area contributed by atoms with Crippen LogP contribution in [0, 0.1) is 0 Å². The molecule has 0 bridgehead atoms. The van der Waals surface area contributed by atoms with Crippen LogP contribution in [0.25, 0.3) is 0 Å². The van der Waals surface area contributed by atoms with E-state index in [4.69, 9.17) is 25.8 Å². The number of methoxy groups -OCH3 is 3. The van der Waals surface area contributed by atoms with Crippen molar-refractivity contribution < 1.29 is 23.8 Å². The third-order valence-electron chi connectivity index (χ3n) is 7.66. The van der Waals surface area contributed by atoms with E-state index in [1.54, 1.807) is 38.3 Å². The molecule has 2 heterocycles. The van der Waals surface area contributed by atoms with Gasteiger partial charge in [-0.3, -0.25) is 9.59 Å². The molecular formula is C30H32ClN3O5. The highest BCUT2D eigenvalue weighted by molar-refractivity contribution is 6.30. The summed E-state index contributed by atoms with van der Waals surface area (Å²) >= 11 is 6.21. The fourth-order valence-corrected chi connectivity index (χ4v) is 5.77. The van der Waals surface area contributed by atoms with Crippen LogP contribution < -0.4 is 19.1 Å². The van der Waals surface area contributed by atoms with Crippen molar-refractivity contribution in [3.05, 3.63) is 82.4 Å². The Hall–Kier alpha value is -3.91. The molecule has 2 atom stereocenters. The minimum Gasteiger partial charge on any atom is -0.497 e. The number of likely N-dealkylation sites (N-methyl/N-ethyl adjacent to an activating group) is 1. The van der Waals surface area contributed by atoms with Crippen molar-refractivity contribution >= 4 is 29.1 Å². The molecule has 0 radical (unpaired) electrons. The summed E-state index contributed by atoms with van der Waals surface area (Å²) in [5.41, 5.74) is 2.97. The third kappa shape index (κ3) is 4.96. The minimum atomic E-state index is -0.631. The molecule has 2 amide bonds. The highest BCUT2D eigenvalue weighted by Crippen LogP contribution is 2.46. The minimum absolute atomic E-state index is 0.0330. The second-order valence-corrected chi connectivity index (χ2v) is 10.1. The summed E-state index contributed by atoms with van der Waals surface area (Å²) in [7, 11) is 6.43. The molecule has 3 aromatic carbocycles. The Balaban J connectivity index is 1.53. The second-order valence-electron chi connectivity index (χ2n) is 9.70. The van der Waals surface area contributed by atoms with Crippen LogP contribution in [0.5, 0.6) is 17.2 Å². The number of piperazine rings is 1. The van der Waals surface area contributed by atoms with E-state index in [9.17, 15) is 9.59 Å². The van der Waals surface area contributed by atoms with E-state index in [-0.39, 0.29) is 11.8 Å². The van der Waals surface area contributed by atoms with Gasteiger partial charge in [-0.25, -0.2) is 0 Å². The van der Waals surface area contributed by atoms with Crippen LogP contribution in [-0.2, 0) is 4.79 Å². The van der Waals surface area contributed by atoms with Gasteiger partial charge in [0.2, 0.25) is 5.91 Å². The van der Waals surface area contributed by atoms with Crippen molar-refractivity contribution in [3.8, 4) is 17.2 Å². The van der Waals surface area contributed by atoms with E-state index < -0.39 is 12.0 Å². The largest absolute Gasteiger partial charge is 0.497 e. The standard InChI is InChI=1S/C30H32ClN3O5/c1-32-28(19-8-10-22(37-2)11-9-19)27(23-17-25(38-3)26(39-4)18-24(23)29(32)35)30(36)34-14-12-33(13-15-34)21-7-5-6-20(31)16-21/h5-11,16-18,27-28H,12-15H2,1-4H3/t27-,28-/m0/s1. The molecule has 0 saturated carbocycles. The van der Waals surface area contributed by atoms with Crippen molar-refractivity contribution in [1.82, 2.24) is 9.80 Å². The molecular weight excluding hydrogens is 518 g/mol. The number of nitrogens with zero attached hydrogens (tertiary/aromatic N) is 3. The van der Waals surface area contributed by atoms with Gasteiger partial charge in [0, 0.05) is 49.5 Å². The van der Waals surface area contributed by atoms with Crippen LogP contribution in [0.3, 0.4) is 0 Å². The third-order valence-corrected chi connectivity index (χ3v) is 7.90. The monoisotopic (exact) mass is 549 g/mol. The Morgan fingerprint density at radius 1 is 0.872 bits per heavy atom. The number of hydrogen-bond acceptors (Lipinski definition) is 6. The molecule has 9 heteroatoms. The summed E-state index contributed by atoms with van der Waals surface area (Å²) in [5, 5.41) is 0.684. The first kappa shape index (κ1) is 26.7. The Kier molecular flexibility index (Phi) is 7.57. The summed E-state index contributed by atoms with van der Waals surface area (Å²) in [6, 6.07) is 18.2. The fraction of sp³-hybridized carbons (Fsp3) is 0.333. The van der Waals surface area contributed by atoms with Crippen molar-refractivity contribution in [2.45, 2.75) is 12.0 Å². The number of benzene rings is 3. The lowest BCUT2D eigenvalue weighted by Gasteiger charge is -2.43. The zero-order valence-corrected chi connectivity index (χ0v) is 23.3. The molecule has 39 heavy (non-hydrogen) atoms. The zero-order valence-electron chi connectivity index (χ0n) is 22.5. The van der Waals surface area contributed by atoms with Gasteiger partial charge in [0.15, 0.2) is 11.5 Å². The fourth-order valence-electron chi connectivity index (χ4n) is 5.59. The van der Waals surface area contributed by atoms with Crippen LogP contribution in [0.1, 0.15) is 33.4 Å². The molecule has 3 aromatic rings. The molecule has 1 saturated heterocycles. The molecule has 0 unspecified atom stereocenters. The van der Waals surface area contributed by atoms with Gasteiger partial charge in [0.05, 0.1) is 33.3 Å². The lowest BCUT2D eigenvalue weighted by atomic mass is 9.78. The summed E-state index contributed by atoms with van der Waals surface area (Å²) in [6.07, 6.45) is 0. The summed E-state index contributed by atoms with van der Waals surface area (Å²) in [5.74, 6) is 0.785. The topological polar surface area (TPSA) is 71.5 Å². The number of halogens is 1. The molecule has 8 nitrogen and oxygen atoms in total. The number of carbonyl (C=O) groups is 2. The number of ether oxygens (including phenoxy) is 3. The quantitative estimate of drug-likeness (QED) is 0.447. The Morgan fingerprint density at radius 3 is 2.15 bits per heavy atom. The first-order chi connectivity index (χ1) is 18.9. The molecule has 1 fully saturated rings. The number of amides is 2. The van der Waals surface area contributed by atoms with Crippen molar-refractivity contribution in [2.75, 3.05) is 59.5 Å². The number of fused-ring (bicyclic) bond motifs is 1. The molecule has 5 rings (SSSR count). The van der Waals surface area contributed by atoms with E-state index in [1.807, 2.05) is 53.4 Å². The molecule has 0 spiro atoms. The van der Waals surface area contributed by atoms with Gasteiger partial charge in [0.25, 0.3) is 5.91 Å².